The Bertz CT molecular complexity index is 774. The summed E-state index contributed by atoms with van der Waals surface area (Å²) in [5.41, 5.74) is 0.533. The molecular formula is C15H23N3O5S2. The first-order valence-corrected chi connectivity index (χ1v) is 10.4. The number of hydrogen-bond acceptors (Lipinski definition) is 7. The summed E-state index contributed by atoms with van der Waals surface area (Å²) < 4.78 is 27.6. The van der Waals surface area contributed by atoms with Crippen LogP contribution in [0.25, 0.3) is 0 Å². The Morgan fingerprint density at radius 1 is 1.44 bits per heavy atom. The van der Waals surface area contributed by atoms with Crippen molar-refractivity contribution in [3.8, 4) is 0 Å². The monoisotopic (exact) mass is 389 g/mol. The predicted octanol–water partition coefficient (Wildman–Crippen LogP) is -0.222. The first-order valence-electron chi connectivity index (χ1n) is 8.15. The van der Waals surface area contributed by atoms with E-state index in [1.54, 1.807) is 0 Å². The number of aromatic carboxylic acids is 1. The third-order valence-corrected chi connectivity index (χ3v) is 8.58. The Balaban J connectivity index is 2.06. The second-order valence-electron chi connectivity index (χ2n) is 6.66. The Morgan fingerprint density at radius 2 is 2.16 bits per heavy atom. The fourth-order valence-electron chi connectivity index (χ4n) is 3.51. The molecule has 3 rings (SSSR count). The standard InChI is InChI=1S/C15H23N3O5S2/c1-17(2)9-5-10(8-19)18(7-9)25(22,23)15-13(14(20)21)11-3-4-16-6-12(11)24-15/h9-10,16,19H,3-8H2,1-2H3,(H,20,21)/t9-,10+/m1/s1. The van der Waals surface area contributed by atoms with Gasteiger partial charge in [0.15, 0.2) is 0 Å². The summed E-state index contributed by atoms with van der Waals surface area (Å²) in [6.45, 7) is 1.09. The predicted molar refractivity (Wildman–Crippen MR) is 93.5 cm³/mol. The SMILES string of the molecule is CN(C)[C@@H]1C[C@@H](CO)N(S(=O)(=O)c2sc3c(c2C(=O)O)CCNC3)C1. The molecule has 0 aliphatic carbocycles. The van der Waals surface area contributed by atoms with Gasteiger partial charge in [-0.25, -0.2) is 13.2 Å². The molecule has 0 unspecified atom stereocenters. The summed E-state index contributed by atoms with van der Waals surface area (Å²) >= 11 is 1.04. The Morgan fingerprint density at radius 3 is 2.76 bits per heavy atom. The smallest absolute Gasteiger partial charge is 0.338 e. The summed E-state index contributed by atoms with van der Waals surface area (Å²) in [5, 5.41) is 22.4. The summed E-state index contributed by atoms with van der Waals surface area (Å²) in [4.78, 5) is 14.5. The lowest BCUT2D eigenvalue weighted by atomic mass is 10.1. The van der Waals surface area contributed by atoms with Crippen LogP contribution in [0.1, 0.15) is 27.2 Å². The number of nitrogens with one attached hydrogen (secondary N) is 1. The van der Waals surface area contributed by atoms with E-state index in [0.29, 0.717) is 31.5 Å². The van der Waals surface area contributed by atoms with Gasteiger partial charge in [0.1, 0.15) is 4.21 Å². The lowest BCUT2D eigenvalue weighted by molar-refractivity contribution is 0.0692. The molecule has 1 fully saturated rings. The van der Waals surface area contributed by atoms with E-state index in [9.17, 15) is 23.4 Å². The summed E-state index contributed by atoms with van der Waals surface area (Å²) in [6.07, 6.45) is 1.03. The van der Waals surface area contributed by atoms with E-state index in [0.717, 1.165) is 16.2 Å². The number of sulfonamides is 1. The van der Waals surface area contributed by atoms with Gasteiger partial charge in [0, 0.05) is 30.1 Å². The molecule has 3 N–H and O–H groups in total. The maximum atomic E-state index is 13.2. The van der Waals surface area contributed by atoms with Gasteiger partial charge in [-0.2, -0.15) is 4.31 Å². The fourth-order valence-corrected chi connectivity index (χ4v) is 7.15. The van der Waals surface area contributed by atoms with Crippen LogP contribution in [0.4, 0.5) is 0 Å². The van der Waals surface area contributed by atoms with Crippen molar-refractivity contribution >= 4 is 27.3 Å². The fraction of sp³-hybridized carbons (Fsp3) is 0.667. The van der Waals surface area contributed by atoms with Crippen molar-refractivity contribution in [3.05, 3.63) is 16.0 Å². The molecule has 1 aromatic heterocycles. The van der Waals surface area contributed by atoms with Crippen molar-refractivity contribution in [1.29, 1.82) is 0 Å². The van der Waals surface area contributed by atoms with Crippen molar-refractivity contribution in [3.63, 3.8) is 0 Å². The zero-order valence-corrected chi connectivity index (χ0v) is 15.9. The number of carboxylic acid groups (broad SMARTS) is 1. The highest BCUT2D eigenvalue weighted by Gasteiger charge is 2.43. The Hall–Kier alpha value is -1.04. The van der Waals surface area contributed by atoms with E-state index in [-0.39, 0.29) is 29.0 Å². The molecule has 8 nitrogen and oxygen atoms in total. The highest BCUT2D eigenvalue weighted by Crippen LogP contribution is 2.38. The van der Waals surface area contributed by atoms with Crippen molar-refractivity contribution in [2.75, 3.05) is 33.8 Å². The van der Waals surface area contributed by atoms with E-state index in [1.165, 1.54) is 4.31 Å². The number of carbonyl (C=O) groups is 1. The van der Waals surface area contributed by atoms with Gasteiger partial charge >= 0.3 is 5.97 Å². The number of aliphatic hydroxyl groups is 1. The molecule has 2 aliphatic rings. The number of fused-ring (bicyclic) bond motifs is 1. The highest BCUT2D eigenvalue weighted by atomic mass is 32.2. The molecule has 3 heterocycles. The highest BCUT2D eigenvalue weighted by molar-refractivity contribution is 7.91. The van der Waals surface area contributed by atoms with Gasteiger partial charge in [0.2, 0.25) is 0 Å². The molecule has 140 valence electrons. The van der Waals surface area contributed by atoms with Crippen LogP contribution in [-0.4, -0.2) is 79.7 Å². The second-order valence-corrected chi connectivity index (χ2v) is 9.85. The van der Waals surface area contributed by atoms with Gasteiger partial charge in [0.05, 0.1) is 12.2 Å². The zero-order chi connectivity index (χ0) is 18.4. The van der Waals surface area contributed by atoms with Gasteiger partial charge in [-0.05, 0) is 39.0 Å². The first-order chi connectivity index (χ1) is 11.8. The minimum atomic E-state index is -3.98. The van der Waals surface area contributed by atoms with Crippen LogP contribution in [0.2, 0.25) is 0 Å². The van der Waals surface area contributed by atoms with Crippen LogP contribution in [0.5, 0.6) is 0 Å². The molecule has 0 radical (unpaired) electrons. The van der Waals surface area contributed by atoms with Crippen molar-refractivity contribution < 1.29 is 23.4 Å². The number of aliphatic hydroxyl groups excluding tert-OH is 1. The molecule has 25 heavy (non-hydrogen) atoms. The van der Waals surface area contributed by atoms with E-state index in [4.69, 9.17) is 0 Å². The van der Waals surface area contributed by atoms with E-state index in [2.05, 4.69) is 5.32 Å². The Kier molecular flexibility index (Phi) is 5.20. The van der Waals surface area contributed by atoms with Crippen molar-refractivity contribution in [1.82, 2.24) is 14.5 Å². The zero-order valence-electron chi connectivity index (χ0n) is 14.2. The van der Waals surface area contributed by atoms with Crippen LogP contribution >= 0.6 is 11.3 Å². The van der Waals surface area contributed by atoms with Crippen LogP contribution < -0.4 is 5.32 Å². The molecule has 0 bridgehead atoms. The van der Waals surface area contributed by atoms with Gasteiger partial charge in [-0.3, -0.25) is 0 Å². The molecular weight excluding hydrogens is 366 g/mol. The molecule has 0 spiro atoms. The number of thiophene rings is 1. The first kappa shape index (κ1) is 18.7. The number of carboxylic acids is 1. The van der Waals surface area contributed by atoms with Crippen LogP contribution in [-0.2, 0) is 23.0 Å². The summed E-state index contributed by atoms with van der Waals surface area (Å²) in [5.74, 6) is -1.21. The molecule has 0 saturated carbocycles. The quantitative estimate of drug-likeness (QED) is 0.638. The van der Waals surface area contributed by atoms with Gasteiger partial charge < -0.3 is 20.4 Å². The lowest BCUT2D eigenvalue weighted by Crippen LogP contribution is -2.39. The minimum absolute atomic E-state index is 0.00328. The molecule has 10 heteroatoms. The number of nitrogens with zero attached hydrogens (tertiary/aromatic N) is 2. The normalized spacial score (nSPS) is 24.6. The van der Waals surface area contributed by atoms with Crippen LogP contribution in [0.15, 0.2) is 4.21 Å². The maximum absolute atomic E-state index is 13.2. The third kappa shape index (κ3) is 3.22. The van der Waals surface area contributed by atoms with Gasteiger partial charge in [-0.15, -0.1) is 11.3 Å². The van der Waals surface area contributed by atoms with Crippen LogP contribution in [0.3, 0.4) is 0 Å². The summed E-state index contributed by atoms with van der Waals surface area (Å²) in [7, 11) is -0.243. The molecule has 0 amide bonds. The van der Waals surface area contributed by atoms with Crippen molar-refractivity contribution in [2.24, 2.45) is 0 Å². The van der Waals surface area contributed by atoms with E-state index in [1.807, 2.05) is 19.0 Å². The molecule has 1 aromatic rings. The van der Waals surface area contributed by atoms with Gasteiger partial charge in [-0.1, -0.05) is 0 Å². The largest absolute Gasteiger partial charge is 0.478 e. The third-order valence-electron chi connectivity index (χ3n) is 4.94. The summed E-state index contributed by atoms with van der Waals surface area (Å²) in [6, 6.07) is -0.534. The molecule has 1 saturated heterocycles. The Labute approximate surface area is 151 Å². The van der Waals surface area contributed by atoms with E-state index >= 15 is 0 Å². The average molecular weight is 389 g/mol. The molecule has 2 aliphatic heterocycles. The van der Waals surface area contributed by atoms with Crippen molar-refractivity contribution in [2.45, 2.75) is 35.7 Å². The maximum Gasteiger partial charge on any atom is 0.338 e. The number of hydrogen-bond donors (Lipinski definition) is 3. The average Bonchev–Trinajstić information content (AvgIpc) is 3.17. The second kappa shape index (κ2) is 6.93. The van der Waals surface area contributed by atoms with E-state index < -0.39 is 22.0 Å². The minimum Gasteiger partial charge on any atom is -0.478 e. The number of likely N-dealkylation sites (N-methyl/N-ethyl adjacent to an activating group) is 1. The molecule has 0 aromatic carbocycles. The topological polar surface area (TPSA) is 110 Å². The van der Waals surface area contributed by atoms with Gasteiger partial charge in [0.25, 0.3) is 10.0 Å². The van der Waals surface area contributed by atoms with Crippen LogP contribution in [0, 0.1) is 0 Å². The lowest BCUT2D eigenvalue weighted by Gasteiger charge is -2.22. The number of rotatable bonds is 5. The molecule has 2 atom stereocenters.